The van der Waals surface area contributed by atoms with Crippen molar-refractivity contribution >= 4 is 0 Å². The van der Waals surface area contributed by atoms with Crippen LogP contribution in [-0.2, 0) is 6.42 Å². The van der Waals surface area contributed by atoms with Crippen molar-refractivity contribution in [3.05, 3.63) is 47.5 Å². The number of hydrogen-bond acceptors (Lipinski definition) is 6. The number of likely N-dealkylation sites (tertiary alicyclic amines) is 2. The number of nitrogens with one attached hydrogen (secondary N) is 1. The van der Waals surface area contributed by atoms with Gasteiger partial charge in [-0.3, -0.25) is 10.00 Å². The molecule has 0 saturated carbocycles. The smallest absolute Gasteiger partial charge is 0.161 e. The molecule has 202 valence electrons. The Hall–Kier alpha value is -3.03. The number of H-pyrrole nitrogens is 1. The number of aromatic nitrogens is 2. The summed E-state index contributed by atoms with van der Waals surface area (Å²) in [6.07, 6.45) is 8.42. The Morgan fingerprint density at radius 2 is 1.79 bits per heavy atom. The van der Waals surface area contributed by atoms with E-state index in [1.165, 1.54) is 62.9 Å². The zero-order valence-corrected chi connectivity index (χ0v) is 22.8. The van der Waals surface area contributed by atoms with Gasteiger partial charge in [-0.15, -0.1) is 0 Å². The van der Waals surface area contributed by atoms with E-state index in [0.29, 0.717) is 12.6 Å². The predicted molar refractivity (Wildman–Crippen MR) is 150 cm³/mol. The number of methoxy groups -OCH3 is 1. The molecule has 7 nitrogen and oxygen atoms in total. The number of aromatic amines is 1. The normalized spacial score (nSPS) is 19.4. The maximum Gasteiger partial charge on any atom is 0.161 e. The summed E-state index contributed by atoms with van der Waals surface area (Å²) in [7, 11) is 3.93. The number of fused-ring (bicyclic) bond motifs is 3. The Morgan fingerprint density at radius 1 is 0.947 bits per heavy atom. The van der Waals surface area contributed by atoms with Crippen molar-refractivity contribution in [1.82, 2.24) is 20.0 Å². The van der Waals surface area contributed by atoms with Gasteiger partial charge in [-0.1, -0.05) is 6.42 Å². The predicted octanol–water partition coefficient (Wildman–Crippen LogP) is 5.38. The fourth-order valence-corrected chi connectivity index (χ4v) is 6.28. The van der Waals surface area contributed by atoms with Crippen LogP contribution in [0.5, 0.6) is 17.2 Å². The molecule has 2 aliphatic heterocycles. The molecule has 1 unspecified atom stereocenters. The second-order valence-electron chi connectivity index (χ2n) is 11.0. The lowest BCUT2D eigenvalue weighted by molar-refractivity contribution is 0.180. The standard InChI is InChI=1S/C31H40N4O3/c1-34-13-6-7-24(34)12-17-37-25-10-8-22(9-11-25)30-27-19-23-20-28(36-2)29(21-26(23)31(27)33-32-30)38-18-16-35-14-4-3-5-15-35/h8-11,20-21,24H,3-7,12-19H2,1-2H3,(H,32,33). The van der Waals surface area contributed by atoms with Crippen LogP contribution in [-0.4, -0.2) is 79.6 Å². The first kappa shape index (κ1) is 25.3. The van der Waals surface area contributed by atoms with E-state index in [9.17, 15) is 0 Å². The van der Waals surface area contributed by atoms with Gasteiger partial charge < -0.3 is 19.1 Å². The third kappa shape index (κ3) is 5.27. The summed E-state index contributed by atoms with van der Waals surface area (Å²) in [5, 5.41) is 8.01. The quantitative estimate of drug-likeness (QED) is 0.305. The van der Waals surface area contributed by atoms with E-state index in [2.05, 4.69) is 58.3 Å². The van der Waals surface area contributed by atoms with Crippen LogP contribution in [0.25, 0.3) is 22.5 Å². The van der Waals surface area contributed by atoms with Gasteiger partial charge in [0.05, 0.1) is 25.1 Å². The monoisotopic (exact) mass is 516 g/mol. The average molecular weight is 517 g/mol. The molecule has 0 bridgehead atoms. The molecule has 1 N–H and O–H groups in total. The van der Waals surface area contributed by atoms with Crippen LogP contribution in [0.3, 0.4) is 0 Å². The van der Waals surface area contributed by atoms with Crippen LogP contribution >= 0.6 is 0 Å². The highest BCUT2D eigenvalue weighted by molar-refractivity contribution is 5.82. The first-order chi connectivity index (χ1) is 18.7. The third-order valence-corrected chi connectivity index (χ3v) is 8.53. The van der Waals surface area contributed by atoms with E-state index < -0.39 is 0 Å². The number of rotatable bonds is 10. The van der Waals surface area contributed by atoms with Gasteiger partial charge in [-0.05, 0) is 101 Å². The summed E-state index contributed by atoms with van der Waals surface area (Å²) in [4.78, 5) is 4.94. The zero-order valence-electron chi connectivity index (χ0n) is 22.8. The van der Waals surface area contributed by atoms with Gasteiger partial charge in [-0.25, -0.2) is 0 Å². The van der Waals surface area contributed by atoms with Crippen LogP contribution in [0.15, 0.2) is 36.4 Å². The molecule has 2 saturated heterocycles. The molecule has 3 aliphatic rings. The Bertz CT molecular complexity index is 1230. The highest BCUT2D eigenvalue weighted by Gasteiger charge is 2.27. The lowest BCUT2D eigenvalue weighted by Crippen LogP contribution is -2.33. The summed E-state index contributed by atoms with van der Waals surface area (Å²) in [5.41, 5.74) is 6.81. The van der Waals surface area contributed by atoms with Crippen LogP contribution in [0.4, 0.5) is 0 Å². The molecular formula is C31H40N4O3. The van der Waals surface area contributed by atoms with Crippen molar-refractivity contribution in [3.8, 4) is 39.8 Å². The van der Waals surface area contributed by atoms with Crippen molar-refractivity contribution in [1.29, 1.82) is 0 Å². The van der Waals surface area contributed by atoms with E-state index in [1.807, 2.05) is 0 Å². The number of nitrogens with zero attached hydrogens (tertiary/aromatic N) is 3. The lowest BCUT2D eigenvalue weighted by atomic mass is 10.1. The van der Waals surface area contributed by atoms with Gasteiger partial charge in [0.15, 0.2) is 11.5 Å². The van der Waals surface area contributed by atoms with E-state index in [0.717, 1.165) is 65.8 Å². The molecular weight excluding hydrogens is 476 g/mol. The number of ether oxygens (including phenoxy) is 3. The minimum Gasteiger partial charge on any atom is -0.494 e. The Labute approximate surface area is 226 Å². The van der Waals surface area contributed by atoms with Crippen molar-refractivity contribution in [3.63, 3.8) is 0 Å². The number of piperidine rings is 1. The van der Waals surface area contributed by atoms with Gasteiger partial charge >= 0.3 is 0 Å². The molecule has 7 heteroatoms. The van der Waals surface area contributed by atoms with E-state index >= 15 is 0 Å². The van der Waals surface area contributed by atoms with Crippen LogP contribution in [0, 0.1) is 0 Å². The fraction of sp³-hybridized carbons (Fsp3) is 0.516. The molecule has 3 aromatic rings. The second kappa shape index (κ2) is 11.4. The van der Waals surface area contributed by atoms with E-state index in [4.69, 9.17) is 19.3 Å². The largest absolute Gasteiger partial charge is 0.494 e. The molecule has 3 heterocycles. The van der Waals surface area contributed by atoms with Crippen LogP contribution in [0.2, 0.25) is 0 Å². The topological polar surface area (TPSA) is 62.9 Å². The maximum atomic E-state index is 6.23. The van der Waals surface area contributed by atoms with Crippen LogP contribution < -0.4 is 14.2 Å². The molecule has 0 amide bonds. The molecule has 1 aliphatic carbocycles. The average Bonchev–Trinajstić information content (AvgIpc) is 3.65. The van der Waals surface area contributed by atoms with Gasteiger partial charge in [0.1, 0.15) is 12.4 Å². The summed E-state index contributed by atoms with van der Waals surface area (Å²) in [6, 6.07) is 13.3. The van der Waals surface area contributed by atoms with Gasteiger partial charge in [0.2, 0.25) is 0 Å². The van der Waals surface area contributed by atoms with Crippen molar-refractivity contribution in [2.45, 2.75) is 51.0 Å². The molecule has 2 aromatic carbocycles. The highest BCUT2D eigenvalue weighted by atomic mass is 16.5. The summed E-state index contributed by atoms with van der Waals surface area (Å²) >= 11 is 0. The molecule has 2 fully saturated rings. The summed E-state index contributed by atoms with van der Waals surface area (Å²) in [6.45, 7) is 5.94. The number of hydrogen-bond donors (Lipinski definition) is 1. The number of benzene rings is 2. The van der Waals surface area contributed by atoms with E-state index in [1.54, 1.807) is 7.11 Å². The van der Waals surface area contributed by atoms with Gasteiger partial charge in [-0.2, -0.15) is 5.10 Å². The first-order valence-electron chi connectivity index (χ1n) is 14.3. The first-order valence-corrected chi connectivity index (χ1v) is 14.3. The van der Waals surface area contributed by atoms with E-state index in [-0.39, 0.29) is 0 Å². The van der Waals surface area contributed by atoms with Gasteiger partial charge in [0, 0.05) is 35.7 Å². The summed E-state index contributed by atoms with van der Waals surface area (Å²) in [5.74, 6) is 2.52. The fourth-order valence-electron chi connectivity index (χ4n) is 6.28. The Balaban J connectivity index is 1.12. The second-order valence-corrected chi connectivity index (χ2v) is 11.0. The highest BCUT2D eigenvalue weighted by Crippen LogP contribution is 2.44. The molecule has 1 aromatic heterocycles. The molecule has 38 heavy (non-hydrogen) atoms. The molecule has 6 rings (SSSR count). The third-order valence-electron chi connectivity index (χ3n) is 8.53. The Morgan fingerprint density at radius 3 is 2.55 bits per heavy atom. The molecule has 1 atom stereocenters. The molecule has 0 radical (unpaired) electrons. The minimum absolute atomic E-state index is 0.654. The maximum absolute atomic E-state index is 6.23. The van der Waals surface area contributed by atoms with Gasteiger partial charge in [0.25, 0.3) is 0 Å². The minimum atomic E-state index is 0.654. The SMILES string of the molecule is COc1cc2c(cc1OCCN1CCCCC1)-c1[nH]nc(-c3ccc(OCCC4CCCN4C)cc3)c1C2. The van der Waals surface area contributed by atoms with Crippen LogP contribution in [0.1, 0.15) is 49.7 Å². The van der Waals surface area contributed by atoms with Crippen molar-refractivity contribution in [2.75, 3.05) is 53.6 Å². The zero-order chi connectivity index (χ0) is 25.9. The summed E-state index contributed by atoms with van der Waals surface area (Å²) < 4.78 is 18.0. The van der Waals surface area contributed by atoms with Crippen molar-refractivity contribution < 1.29 is 14.2 Å². The molecule has 0 spiro atoms. The van der Waals surface area contributed by atoms with Crippen molar-refractivity contribution in [2.24, 2.45) is 0 Å². The lowest BCUT2D eigenvalue weighted by Gasteiger charge is -2.26. The Kier molecular flexibility index (Phi) is 7.56.